The SMILES string of the molecule is CCCCCOc1ccc(OCC2CCC(C3CCC(CCCC)CC3)CC2)c(F)c1F. The van der Waals surface area contributed by atoms with Crippen LogP contribution in [0, 0.1) is 35.3 Å². The fourth-order valence-corrected chi connectivity index (χ4v) is 5.75. The van der Waals surface area contributed by atoms with Crippen LogP contribution >= 0.6 is 0 Å². The zero-order valence-corrected chi connectivity index (χ0v) is 20.4. The van der Waals surface area contributed by atoms with Gasteiger partial charge < -0.3 is 9.47 Å². The van der Waals surface area contributed by atoms with Crippen LogP contribution in [0.25, 0.3) is 0 Å². The Balaban J connectivity index is 1.38. The molecule has 0 aliphatic heterocycles. The maximum atomic E-state index is 14.4. The third-order valence-corrected chi connectivity index (χ3v) is 7.91. The molecule has 2 aliphatic carbocycles. The van der Waals surface area contributed by atoms with E-state index in [-0.39, 0.29) is 11.5 Å². The third kappa shape index (κ3) is 7.35. The Hall–Kier alpha value is -1.32. The average Bonchev–Trinajstić information content (AvgIpc) is 2.83. The van der Waals surface area contributed by atoms with Crippen LogP contribution in [-0.4, -0.2) is 13.2 Å². The molecule has 2 fully saturated rings. The summed E-state index contributed by atoms with van der Waals surface area (Å²) in [6.45, 7) is 5.27. The lowest BCUT2D eigenvalue weighted by Crippen LogP contribution is -2.27. The lowest BCUT2D eigenvalue weighted by molar-refractivity contribution is 0.120. The van der Waals surface area contributed by atoms with Gasteiger partial charge in [-0.1, -0.05) is 58.8 Å². The van der Waals surface area contributed by atoms with Crippen molar-refractivity contribution in [1.82, 2.24) is 0 Å². The van der Waals surface area contributed by atoms with E-state index < -0.39 is 11.6 Å². The molecule has 3 rings (SSSR count). The zero-order valence-electron chi connectivity index (χ0n) is 20.4. The van der Waals surface area contributed by atoms with E-state index in [2.05, 4.69) is 13.8 Å². The van der Waals surface area contributed by atoms with Crippen LogP contribution in [0.4, 0.5) is 8.78 Å². The summed E-state index contributed by atoms with van der Waals surface area (Å²) in [5.74, 6) is 1.32. The summed E-state index contributed by atoms with van der Waals surface area (Å²) in [7, 11) is 0. The molecule has 1 aromatic carbocycles. The van der Waals surface area contributed by atoms with Gasteiger partial charge in [-0.3, -0.25) is 0 Å². The molecule has 4 heteroatoms. The van der Waals surface area contributed by atoms with Gasteiger partial charge in [-0.15, -0.1) is 0 Å². The summed E-state index contributed by atoms with van der Waals surface area (Å²) in [4.78, 5) is 0. The second-order valence-electron chi connectivity index (χ2n) is 10.3. The molecule has 0 bridgehead atoms. The van der Waals surface area contributed by atoms with Crippen molar-refractivity contribution >= 4 is 0 Å². The average molecular weight is 451 g/mol. The summed E-state index contributed by atoms with van der Waals surface area (Å²) in [5.41, 5.74) is 0. The summed E-state index contributed by atoms with van der Waals surface area (Å²) >= 11 is 0. The van der Waals surface area contributed by atoms with Gasteiger partial charge in [0.25, 0.3) is 0 Å². The first-order valence-corrected chi connectivity index (χ1v) is 13.4. The van der Waals surface area contributed by atoms with Gasteiger partial charge >= 0.3 is 0 Å². The van der Waals surface area contributed by atoms with E-state index in [0.29, 0.717) is 19.1 Å². The van der Waals surface area contributed by atoms with Crippen LogP contribution < -0.4 is 9.47 Å². The summed E-state index contributed by atoms with van der Waals surface area (Å²) in [6, 6.07) is 3.00. The molecular weight excluding hydrogens is 406 g/mol. The predicted molar refractivity (Wildman–Crippen MR) is 127 cm³/mol. The molecular formula is C28H44F2O2. The quantitative estimate of drug-likeness (QED) is 0.296. The number of rotatable bonds is 12. The van der Waals surface area contributed by atoms with E-state index in [0.717, 1.165) is 49.9 Å². The van der Waals surface area contributed by atoms with Gasteiger partial charge in [0.05, 0.1) is 13.2 Å². The smallest absolute Gasteiger partial charge is 0.204 e. The maximum Gasteiger partial charge on any atom is 0.204 e. The first-order chi connectivity index (χ1) is 15.6. The van der Waals surface area contributed by atoms with Crippen LogP contribution in [0.5, 0.6) is 11.5 Å². The molecule has 0 radical (unpaired) electrons. The number of unbranched alkanes of at least 4 members (excludes halogenated alkanes) is 3. The summed E-state index contributed by atoms with van der Waals surface area (Å²) in [5, 5.41) is 0. The highest BCUT2D eigenvalue weighted by atomic mass is 19.2. The van der Waals surface area contributed by atoms with Crippen LogP contribution in [-0.2, 0) is 0 Å². The minimum Gasteiger partial charge on any atom is -0.490 e. The largest absolute Gasteiger partial charge is 0.490 e. The minimum atomic E-state index is -0.933. The number of ether oxygens (including phenoxy) is 2. The number of hydrogen-bond acceptors (Lipinski definition) is 2. The van der Waals surface area contributed by atoms with Crippen molar-refractivity contribution in [3.63, 3.8) is 0 Å². The van der Waals surface area contributed by atoms with Gasteiger partial charge in [-0.2, -0.15) is 8.78 Å². The molecule has 0 aromatic heterocycles. The molecule has 2 aliphatic rings. The standard InChI is InChI=1S/C28H44F2O2/c1-3-5-7-19-31-25-17-18-26(28(30)27(25)29)32-20-22-11-15-24(16-12-22)23-13-9-21(10-14-23)8-6-4-2/h17-18,21-24H,3-16,19-20H2,1-2H3. The van der Waals surface area contributed by atoms with Crippen molar-refractivity contribution in [2.75, 3.05) is 13.2 Å². The van der Waals surface area contributed by atoms with E-state index >= 15 is 0 Å². The van der Waals surface area contributed by atoms with Crippen molar-refractivity contribution in [3.8, 4) is 11.5 Å². The Morgan fingerprint density at radius 2 is 1.22 bits per heavy atom. The Morgan fingerprint density at radius 1 is 0.688 bits per heavy atom. The van der Waals surface area contributed by atoms with Gasteiger partial charge in [-0.05, 0) is 80.8 Å². The van der Waals surface area contributed by atoms with Gasteiger partial charge in [0.15, 0.2) is 11.5 Å². The Morgan fingerprint density at radius 3 is 1.78 bits per heavy atom. The third-order valence-electron chi connectivity index (χ3n) is 7.91. The van der Waals surface area contributed by atoms with Gasteiger partial charge in [0.1, 0.15) is 0 Å². The first-order valence-electron chi connectivity index (χ1n) is 13.4. The molecule has 2 nitrogen and oxygen atoms in total. The molecule has 0 atom stereocenters. The normalized spacial score (nSPS) is 26.1. The van der Waals surface area contributed by atoms with Crippen LogP contribution in [0.3, 0.4) is 0 Å². The number of hydrogen-bond donors (Lipinski definition) is 0. The van der Waals surface area contributed by atoms with E-state index in [1.807, 2.05) is 0 Å². The molecule has 0 heterocycles. The van der Waals surface area contributed by atoms with Crippen LogP contribution in [0.1, 0.15) is 104 Å². The highest BCUT2D eigenvalue weighted by Crippen LogP contribution is 2.42. The topological polar surface area (TPSA) is 18.5 Å². The van der Waals surface area contributed by atoms with Crippen molar-refractivity contribution in [1.29, 1.82) is 0 Å². The second-order valence-corrected chi connectivity index (χ2v) is 10.3. The monoisotopic (exact) mass is 450 g/mol. The Bertz CT molecular complexity index is 662. The zero-order chi connectivity index (χ0) is 22.8. The predicted octanol–water partition coefficient (Wildman–Crippen LogP) is 8.72. The number of halogens is 2. The molecule has 0 N–H and O–H groups in total. The fourth-order valence-electron chi connectivity index (χ4n) is 5.75. The molecule has 2 saturated carbocycles. The van der Waals surface area contributed by atoms with Crippen molar-refractivity contribution in [3.05, 3.63) is 23.8 Å². The van der Waals surface area contributed by atoms with Crippen molar-refractivity contribution in [2.24, 2.45) is 23.7 Å². The lowest BCUT2D eigenvalue weighted by atomic mass is 9.69. The van der Waals surface area contributed by atoms with Crippen LogP contribution in [0.2, 0.25) is 0 Å². The van der Waals surface area contributed by atoms with E-state index in [1.54, 1.807) is 0 Å². The Labute approximate surface area is 194 Å². The van der Waals surface area contributed by atoms with Gasteiger partial charge in [-0.25, -0.2) is 0 Å². The molecule has 0 spiro atoms. The number of benzene rings is 1. The maximum absolute atomic E-state index is 14.4. The molecule has 182 valence electrons. The minimum absolute atomic E-state index is 0.0101. The van der Waals surface area contributed by atoms with Gasteiger partial charge in [0, 0.05) is 0 Å². The lowest BCUT2D eigenvalue weighted by Gasteiger charge is -2.38. The van der Waals surface area contributed by atoms with Crippen molar-refractivity contribution in [2.45, 2.75) is 104 Å². The van der Waals surface area contributed by atoms with E-state index in [1.165, 1.54) is 69.9 Å². The molecule has 0 saturated heterocycles. The summed E-state index contributed by atoms with van der Waals surface area (Å²) < 4.78 is 39.8. The molecule has 32 heavy (non-hydrogen) atoms. The van der Waals surface area contributed by atoms with E-state index in [4.69, 9.17) is 9.47 Å². The summed E-state index contributed by atoms with van der Waals surface area (Å²) in [6.07, 6.45) is 17.6. The first kappa shape index (κ1) is 25.3. The van der Waals surface area contributed by atoms with Crippen LogP contribution in [0.15, 0.2) is 12.1 Å². The fraction of sp³-hybridized carbons (Fsp3) is 0.786. The molecule has 0 amide bonds. The van der Waals surface area contributed by atoms with Crippen molar-refractivity contribution < 1.29 is 18.3 Å². The van der Waals surface area contributed by atoms with Gasteiger partial charge in [0.2, 0.25) is 11.6 Å². The Kier molecular flexibility index (Phi) is 10.6. The molecule has 0 unspecified atom stereocenters. The second kappa shape index (κ2) is 13.4. The highest BCUT2D eigenvalue weighted by molar-refractivity contribution is 5.35. The molecule has 1 aromatic rings. The van der Waals surface area contributed by atoms with E-state index in [9.17, 15) is 8.78 Å². The highest BCUT2D eigenvalue weighted by Gasteiger charge is 2.31.